The zero-order valence-electron chi connectivity index (χ0n) is 5.80. The zero-order chi connectivity index (χ0) is 7.23. The molecule has 1 N–H and O–H groups in total. The van der Waals surface area contributed by atoms with Crippen LogP contribution in [-0.4, -0.2) is 4.98 Å². The lowest BCUT2D eigenvalue weighted by atomic mass is 10.2. The Hall–Kier alpha value is -1.23. The van der Waals surface area contributed by atoms with E-state index in [-0.39, 0.29) is 0 Å². The van der Waals surface area contributed by atoms with E-state index in [9.17, 15) is 0 Å². The zero-order valence-corrected chi connectivity index (χ0v) is 5.80. The fourth-order valence-electron chi connectivity index (χ4n) is 0.881. The summed E-state index contributed by atoms with van der Waals surface area (Å²) in [5.41, 5.74) is 1.22. The van der Waals surface area contributed by atoms with Crippen molar-refractivity contribution in [2.75, 3.05) is 0 Å². The molecule has 0 aliphatic carbocycles. The van der Waals surface area contributed by atoms with Gasteiger partial charge in [-0.15, -0.1) is 0 Å². The van der Waals surface area contributed by atoms with Gasteiger partial charge in [0, 0.05) is 18.3 Å². The van der Waals surface area contributed by atoms with Crippen LogP contribution in [-0.2, 0) is 6.42 Å². The number of nitrogens with zero attached hydrogens (tertiary/aromatic N) is 1. The van der Waals surface area contributed by atoms with E-state index in [0.29, 0.717) is 6.42 Å². The molecule has 2 nitrogen and oxygen atoms in total. The van der Waals surface area contributed by atoms with Gasteiger partial charge in [0.05, 0.1) is 6.07 Å². The van der Waals surface area contributed by atoms with E-state index < -0.39 is 0 Å². The van der Waals surface area contributed by atoms with Crippen LogP contribution in [0.1, 0.15) is 18.5 Å². The van der Waals surface area contributed by atoms with E-state index in [2.05, 4.69) is 11.1 Å². The molecule has 1 aromatic rings. The second-order valence-corrected chi connectivity index (χ2v) is 2.21. The fraction of sp³-hybridized carbons (Fsp3) is 0.375. The molecule has 0 spiro atoms. The smallest absolute Gasteiger partial charge is 0.0621 e. The van der Waals surface area contributed by atoms with Gasteiger partial charge in [-0.3, -0.25) is 0 Å². The Morgan fingerprint density at radius 2 is 2.50 bits per heavy atom. The van der Waals surface area contributed by atoms with Crippen molar-refractivity contribution < 1.29 is 0 Å². The molecule has 0 unspecified atom stereocenters. The molecule has 0 bridgehead atoms. The van der Waals surface area contributed by atoms with Crippen molar-refractivity contribution in [2.24, 2.45) is 0 Å². The Kier molecular flexibility index (Phi) is 2.57. The Balaban J connectivity index is 2.23. The summed E-state index contributed by atoms with van der Waals surface area (Å²) in [4.78, 5) is 3.09. The minimum Gasteiger partial charge on any atom is -0.365 e. The number of aromatic amines is 1. The monoisotopic (exact) mass is 134 g/mol. The van der Waals surface area contributed by atoms with Gasteiger partial charge in [-0.1, -0.05) is 0 Å². The van der Waals surface area contributed by atoms with E-state index in [0.717, 1.165) is 12.8 Å². The number of aryl methyl sites for hydroxylation is 1. The molecule has 0 radical (unpaired) electrons. The third-order valence-electron chi connectivity index (χ3n) is 1.40. The van der Waals surface area contributed by atoms with Crippen molar-refractivity contribution in [2.45, 2.75) is 19.3 Å². The summed E-state index contributed by atoms with van der Waals surface area (Å²) in [6.45, 7) is 0. The number of H-pyrrole nitrogens is 1. The summed E-state index contributed by atoms with van der Waals surface area (Å²) in [7, 11) is 0. The Morgan fingerprint density at radius 1 is 1.60 bits per heavy atom. The van der Waals surface area contributed by atoms with Gasteiger partial charge in [0.15, 0.2) is 0 Å². The summed E-state index contributed by atoms with van der Waals surface area (Å²) in [6.07, 6.45) is 4.50. The maximum atomic E-state index is 8.23. The number of unbranched alkanes of at least 4 members (excludes halogenated alkanes) is 1. The first-order chi connectivity index (χ1) is 4.93. The van der Waals surface area contributed by atoms with Crippen LogP contribution in [0.2, 0.25) is 0 Å². The van der Waals surface area contributed by atoms with Gasteiger partial charge in [0.2, 0.25) is 0 Å². The maximum Gasteiger partial charge on any atom is 0.0621 e. The first-order valence-corrected chi connectivity index (χ1v) is 3.42. The molecule has 1 heterocycles. The predicted octanol–water partition coefficient (Wildman–Crippen LogP) is 1.86. The van der Waals surface area contributed by atoms with E-state index in [4.69, 9.17) is 5.26 Å². The van der Waals surface area contributed by atoms with Crippen LogP contribution in [0.15, 0.2) is 18.3 Å². The highest BCUT2D eigenvalue weighted by molar-refractivity contribution is 5.03. The van der Waals surface area contributed by atoms with Crippen molar-refractivity contribution in [3.8, 4) is 6.07 Å². The summed E-state index contributed by atoms with van der Waals surface area (Å²) in [5.74, 6) is 0. The third-order valence-corrected chi connectivity index (χ3v) is 1.40. The highest BCUT2D eigenvalue weighted by Gasteiger charge is 1.90. The molecule has 0 fully saturated rings. The van der Waals surface area contributed by atoms with Crippen LogP contribution >= 0.6 is 0 Å². The Bertz CT molecular complexity index is 206. The molecule has 0 aromatic carbocycles. The van der Waals surface area contributed by atoms with Gasteiger partial charge in [0.25, 0.3) is 0 Å². The molecule has 2 heteroatoms. The minimum atomic E-state index is 0.652. The van der Waals surface area contributed by atoms with Gasteiger partial charge in [0.1, 0.15) is 0 Å². The molecule has 0 aliphatic rings. The summed E-state index contributed by atoms with van der Waals surface area (Å²) in [5, 5.41) is 8.23. The summed E-state index contributed by atoms with van der Waals surface area (Å²) < 4.78 is 0. The highest BCUT2D eigenvalue weighted by atomic mass is 14.7. The molecular formula is C8H10N2. The molecule has 52 valence electrons. The number of rotatable bonds is 3. The van der Waals surface area contributed by atoms with E-state index >= 15 is 0 Å². The summed E-state index contributed by atoms with van der Waals surface area (Å²) in [6, 6.07) is 6.13. The quantitative estimate of drug-likeness (QED) is 0.630. The lowest BCUT2D eigenvalue weighted by molar-refractivity contribution is 0.831. The Labute approximate surface area is 60.5 Å². The molecule has 1 aromatic heterocycles. The van der Waals surface area contributed by atoms with Crippen molar-refractivity contribution in [3.05, 3.63) is 24.0 Å². The number of aromatic nitrogens is 1. The van der Waals surface area contributed by atoms with Crippen LogP contribution < -0.4 is 0 Å². The van der Waals surface area contributed by atoms with Crippen LogP contribution in [0.3, 0.4) is 0 Å². The second-order valence-electron chi connectivity index (χ2n) is 2.21. The molecule has 10 heavy (non-hydrogen) atoms. The average Bonchev–Trinajstić information content (AvgIpc) is 2.41. The SMILES string of the molecule is N#CCCCc1ccc[nH]1. The third kappa shape index (κ3) is 1.94. The van der Waals surface area contributed by atoms with Crippen molar-refractivity contribution in [1.29, 1.82) is 5.26 Å². The topological polar surface area (TPSA) is 39.6 Å². The Morgan fingerprint density at radius 3 is 3.10 bits per heavy atom. The first kappa shape index (κ1) is 6.88. The minimum absolute atomic E-state index is 0.652. The number of nitriles is 1. The van der Waals surface area contributed by atoms with Gasteiger partial charge in [-0.2, -0.15) is 5.26 Å². The largest absolute Gasteiger partial charge is 0.365 e. The number of hydrogen-bond acceptors (Lipinski definition) is 1. The highest BCUT2D eigenvalue weighted by Crippen LogP contribution is 2.00. The summed E-state index contributed by atoms with van der Waals surface area (Å²) >= 11 is 0. The van der Waals surface area contributed by atoms with Gasteiger partial charge in [-0.25, -0.2) is 0 Å². The first-order valence-electron chi connectivity index (χ1n) is 3.42. The van der Waals surface area contributed by atoms with Crippen LogP contribution in [0, 0.1) is 11.3 Å². The molecule has 0 aliphatic heterocycles. The van der Waals surface area contributed by atoms with Gasteiger partial charge in [-0.05, 0) is 25.0 Å². The average molecular weight is 134 g/mol. The molecule has 0 atom stereocenters. The van der Waals surface area contributed by atoms with Crippen molar-refractivity contribution >= 4 is 0 Å². The van der Waals surface area contributed by atoms with Crippen LogP contribution in [0.25, 0.3) is 0 Å². The molecular weight excluding hydrogens is 124 g/mol. The van der Waals surface area contributed by atoms with E-state index in [1.54, 1.807) is 0 Å². The van der Waals surface area contributed by atoms with Gasteiger partial charge >= 0.3 is 0 Å². The second kappa shape index (κ2) is 3.73. The molecule has 1 rings (SSSR count). The van der Waals surface area contributed by atoms with Crippen molar-refractivity contribution in [1.82, 2.24) is 4.98 Å². The standard InChI is InChI=1S/C8H10N2/c9-6-2-1-4-8-5-3-7-10-8/h3,5,7,10H,1-2,4H2. The molecule has 0 amide bonds. The number of nitrogens with one attached hydrogen (secondary N) is 1. The normalized spacial score (nSPS) is 9.10. The lowest BCUT2D eigenvalue weighted by Gasteiger charge is -1.90. The van der Waals surface area contributed by atoms with Crippen LogP contribution in [0.4, 0.5) is 0 Å². The molecule has 0 saturated carbocycles. The number of hydrogen-bond donors (Lipinski definition) is 1. The molecule has 0 saturated heterocycles. The maximum absolute atomic E-state index is 8.23. The van der Waals surface area contributed by atoms with Crippen LogP contribution in [0.5, 0.6) is 0 Å². The fourth-order valence-corrected chi connectivity index (χ4v) is 0.881. The lowest BCUT2D eigenvalue weighted by Crippen LogP contribution is -1.82. The predicted molar refractivity (Wildman–Crippen MR) is 39.3 cm³/mol. The van der Waals surface area contributed by atoms with Gasteiger partial charge < -0.3 is 4.98 Å². The van der Waals surface area contributed by atoms with E-state index in [1.807, 2.05) is 18.3 Å². The van der Waals surface area contributed by atoms with E-state index in [1.165, 1.54) is 5.69 Å². The van der Waals surface area contributed by atoms with Crippen molar-refractivity contribution in [3.63, 3.8) is 0 Å².